The van der Waals surface area contributed by atoms with Crippen LogP contribution in [0.1, 0.15) is 31.2 Å². The van der Waals surface area contributed by atoms with Gasteiger partial charge in [0.2, 0.25) is 0 Å². The van der Waals surface area contributed by atoms with Gasteiger partial charge in [-0.2, -0.15) is 0 Å². The Hall–Kier alpha value is -1.39. The summed E-state index contributed by atoms with van der Waals surface area (Å²) in [5.74, 6) is -0.0536. The third-order valence-electron chi connectivity index (χ3n) is 4.62. The van der Waals surface area contributed by atoms with Crippen LogP contribution in [0.15, 0.2) is 30.3 Å². The molecular weight excluding hydrogens is 266 g/mol. The van der Waals surface area contributed by atoms with Gasteiger partial charge in [-0.25, -0.2) is 0 Å². The van der Waals surface area contributed by atoms with Gasteiger partial charge in [-0.05, 0) is 31.5 Å². The highest BCUT2D eigenvalue weighted by molar-refractivity contribution is 5.83. The van der Waals surface area contributed by atoms with Crippen LogP contribution in [0.2, 0.25) is 0 Å². The fourth-order valence-electron chi connectivity index (χ4n) is 3.28. The van der Waals surface area contributed by atoms with Crippen molar-refractivity contribution in [1.82, 2.24) is 5.32 Å². The van der Waals surface area contributed by atoms with Crippen LogP contribution in [0.4, 0.5) is 0 Å². The van der Waals surface area contributed by atoms with Crippen molar-refractivity contribution in [3.05, 3.63) is 35.9 Å². The van der Waals surface area contributed by atoms with Gasteiger partial charge in [0.15, 0.2) is 0 Å². The minimum atomic E-state index is -0.481. The molecule has 1 aromatic rings. The Balaban J connectivity index is 1.79. The zero-order chi connectivity index (χ0) is 14.5. The quantitative estimate of drug-likeness (QED) is 0.865. The van der Waals surface area contributed by atoms with Crippen LogP contribution in [0.25, 0.3) is 0 Å². The summed E-state index contributed by atoms with van der Waals surface area (Å²) in [5.41, 5.74) is 0.605. The molecule has 0 aliphatic carbocycles. The van der Waals surface area contributed by atoms with Crippen molar-refractivity contribution in [2.75, 3.05) is 26.3 Å². The number of rotatable bonds is 3. The topological polar surface area (TPSA) is 47.6 Å². The van der Waals surface area contributed by atoms with Crippen LogP contribution in [0, 0.1) is 0 Å². The highest BCUT2D eigenvalue weighted by Crippen LogP contribution is 2.35. The van der Waals surface area contributed by atoms with E-state index in [1.807, 2.05) is 18.2 Å². The third-order valence-corrected chi connectivity index (χ3v) is 4.62. The maximum absolute atomic E-state index is 12.9. The number of esters is 1. The van der Waals surface area contributed by atoms with Crippen LogP contribution < -0.4 is 5.32 Å². The SMILES string of the molecule is O=C(OC1CCOCC1)C1(c2ccccc2)CCNCC1. The van der Waals surface area contributed by atoms with E-state index in [1.165, 1.54) is 0 Å². The Morgan fingerprint density at radius 3 is 2.48 bits per heavy atom. The summed E-state index contributed by atoms with van der Waals surface area (Å²) in [5, 5.41) is 3.34. The number of hydrogen-bond acceptors (Lipinski definition) is 4. The number of piperidine rings is 1. The Labute approximate surface area is 125 Å². The lowest BCUT2D eigenvalue weighted by Gasteiger charge is -2.37. The molecule has 0 amide bonds. The van der Waals surface area contributed by atoms with Crippen LogP contribution >= 0.6 is 0 Å². The fraction of sp³-hybridized carbons (Fsp3) is 0.588. The molecule has 0 spiro atoms. The van der Waals surface area contributed by atoms with Gasteiger partial charge in [0.05, 0.1) is 18.6 Å². The number of carbonyl (C=O) groups excluding carboxylic acids is 1. The summed E-state index contributed by atoms with van der Waals surface area (Å²) in [4.78, 5) is 12.9. The van der Waals surface area contributed by atoms with Gasteiger partial charge in [0, 0.05) is 12.8 Å². The van der Waals surface area contributed by atoms with Gasteiger partial charge >= 0.3 is 5.97 Å². The fourth-order valence-corrected chi connectivity index (χ4v) is 3.28. The summed E-state index contributed by atoms with van der Waals surface area (Å²) >= 11 is 0. The first kappa shape index (κ1) is 14.5. The van der Waals surface area contributed by atoms with Crippen molar-refractivity contribution in [3.8, 4) is 0 Å². The molecule has 0 atom stereocenters. The van der Waals surface area contributed by atoms with Crippen molar-refractivity contribution >= 4 is 5.97 Å². The van der Waals surface area contributed by atoms with E-state index in [0.717, 1.165) is 44.3 Å². The standard InChI is InChI=1S/C17H23NO3/c19-16(21-15-6-12-20-13-7-15)17(8-10-18-11-9-17)14-4-2-1-3-5-14/h1-5,15,18H,6-13H2. The number of benzene rings is 1. The Morgan fingerprint density at radius 1 is 1.14 bits per heavy atom. The van der Waals surface area contributed by atoms with Gasteiger partial charge in [-0.15, -0.1) is 0 Å². The maximum Gasteiger partial charge on any atom is 0.316 e. The molecule has 0 radical (unpaired) electrons. The molecular formula is C17H23NO3. The van der Waals surface area contributed by atoms with Crippen molar-refractivity contribution in [2.45, 2.75) is 37.2 Å². The van der Waals surface area contributed by atoms with E-state index in [0.29, 0.717) is 13.2 Å². The minimum Gasteiger partial charge on any atom is -0.462 e. The van der Waals surface area contributed by atoms with E-state index >= 15 is 0 Å². The van der Waals surface area contributed by atoms with E-state index in [4.69, 9.17) is 9.47 Å². The highest BCUT2D eigenvalue weighted by atomic mass is 16.6. The number of hydrogen-bond donors (Lipinski definition) is 1. The second-order valence-corrected chi connectivity index (χ2v) is 5.92. The third kappa shape index (κ3) is 3.11. The summed E-state index contributed by atoms with van der Waals surface area (Å²) in [6, 6.07) is 10.1. The van der Waals surface area contributed by atoms with Crippen molar-refractivity contribution < 1.29 is 14.3 Å². The first-order valence-corrected chi connectivity index (χ1v) is 7.86. The van der Waals surface area contributed by atoms with Gasteiger partial charge in [-0.3, -0.25) is 4.79 Å². The lowest BCUT2D eigenvalue weighted by Crippen LogP contribution is -2.47. The van der Waals surface area contributed by atoms with Crippen LogP contribution in [0.3, 0.4) is 0 Å². The second-order valence-electron chi connectivity index (χ2n) is 5.92. The monoisotopic (exact) mass is 289 g/mol. The van der Waals surface area contributed by atoms with Crippen LogP contribution in [-0.2, 0) is 19.7 Å². The average molecular weight is 289 g/mol. The summed E-state index contributed by atoms with van der Waals surface area (Å²) in [6.07, 6.45) is 3.25. The summed E-state index contributed by atoms with van der Waals surface area (Å²) in [6.45, 7) is 3.10. The molecule has 0 aromatic heterocycles. The molecule has 0 unspecified atom stereocenters. The zero-order valence-electron chi connectivity index (χ0n) is 12.3. The molecule has 2 fully saturated rings. The van der Waals surface area contributed by atoms with Crippen molar-refractivity contribution in [1.29, 1.82) is 0 Å². The predicted molar refractivity (Wildman–Crippen MR) is 80.2 cm³/mol. The average Bonchev–Trinajstić information content (AvgIpc) is 2.57. The molecule has 21 heavy (non-hydrogen) atoms. The lowest BCUT2D eigenvalue weighted by atomic mass is 9.73. The number of nitrogens with one attached hydrogen (secondary N) is 1. The van der Waals surface area contributed by atoms with Crippen molar-refractivity contribution in [3.63, 3.8) is 0 Å². The minimum absolute atomic E-state index is 0.0155. The smallest absolute Gasteiger partial charge is 0.316 e. The number of ether oxygens (including phenoxy) is 2. The maximum atomic E-state index is 12.9. The van der Waals surface area contributed by atoms with E-state index in [2.05, 4.69) is 17.4 Å². The molecule has 2 heterocycles. The normalized spacial score (nSPS) is 22.7. The molecule has 4 heteroatoms. The molecule has 0 saturated carbocycles. The largest absolute Gasteiger partial charge is 0.462 e. The number of carbonyl (C=O) groups is 1. The van der Waals surface area contributed by atoms with Crippen LogP contribution in [0.5, 0.6) is 0 Å². The molecule has 2 saturated heterocycles. The molecule has 0 bridgehead atoms. The van der Waals surface area contributed by atoms with E-state index in [-0.39, 0.29) is 12.1 Å². The zero-order valence-corrected chi connectivity index (χ0v) is 12.3. The first-order chi connectivity index (χ1) is 10.3. The van der Waals surface area contributed by atoms with Crippen molar-refractivity contribution in [2.24, 2.45) is 0 Å². The van der Waals surface area contributed by atoms with E-state index < -0.39 is 5.41 Å². The van der Waals surface area contributed by atoms with Gasteiger partial charge in [0.25, 0.3) is 0 Å². The molecule has 114 valence electrons. The molecule has 4 nitrogen and oxygen atoms in total. The summed E-state index contributed by atoms with van der Waals surface area (Å²) < 4.78 is 11.2. The first-order valence-electron chi connectivity index (χ1n) is 7.86. The highest BCUT2D eigenvalue weighted by Gasteiger charge is 2.43. The molecule has 2 aliphatic rings. The van der Waals surface area contributed by atoms with Gasteiger partial charge in [0.1, 0.15) is 6.10 Å². The van der Waals surface area contributed by atoms with Crippen LogP contribution in [-0.4, -0.2) is 38.4 Å². The summed E-state index contributed by atoms with van der Waals surface area (Å²) in [7, 11) is 0. The molecule has 1 aromatic carbocycles. The molecule has 1 N–H and O–H groups in total. The van der Waals surface area contributed by atoms with Gasteiger partial charge in [-0.1, -0.05) is 30.3 Å². The van der Waals surface area contributed by atoms with Gasteiger partial charge < -0.3 is 14.8 Å². The molecule has 3 rings (SSSR count). The Bertz CT molecular complexity index is 462. The molecule has 2 aliphatic heterocycles. The predicted octanol–water partition coefficient (Wildman–Crippen LogP) is 2.03. The Kier molecular flexibility index (Phi) is 4.56. The van der Waals surface area contributed by atoms with E-state index in [1.54, 1.807) is 0 Å². The lowest BCUT2D eigenvalue weighted by molar-refractivity contribution is -0.161. The van der Waals surface area contributed by atoms with E-state index in [9.17, 15) is 4.79 Å². The Morgan fingerprint density at radius 2 is 1.81 bits per heavy atom. The second kappa shape index (κ2) is 6.58.